The summed E-state index contributed by atoms with van der Waals surface area (Å²) < 4.78 is 25.8. The number of thioether (sulfide) groups is 1. The first kappa shape index (κ1) is 15.1. The van der Waals surface area contributed by atoms with Gasteiger partial charge in [0.2, 0.25) is 0 Å². The van der Waals surface area contributed by atoms with Crippen LogP contribution in [0.25, 0.3) is 11.4 Å². The maximum Gasteiger partial charge on any atom is 0.186 e. The molecule has 0 radical (unpaired) electrons. The first-order valence-corrected chi connectivity index (χ1v) is 9.96. The van der Waals surface area contributed by atoms with Crippen LogP contribution in [0.2, 0.25) is 0 Å². The Balaban J connectivity index is 1.80. The number of benzene rings is 1. The summed E-state index contributed by atoms with van der Waals surface area (Å²) in [4.78, 5) is 4.53. The highest BCUT2D eigenvalue weighted by Gasteiger charge is 2.29. The van der Waals surface area contributed by atoms with Crippen molar-refractivity contribution in [2.45, 2.75) is 16.8 Å². The van der Waals surface area contributed by atoms with Crippen LogP contribution in [0.5, 0.6) is 0 Å². The summed E-state index contributed by atoms with van der Waals surface area (Å²) in [6.07, 6.45) is 0.688. The molecule has 3 rings (SSSR count). The molecule has 0 bridgehead atoms. The third-order valence-corrected chi connectivity index (χ3v) is 7.10. The van der Waals surface area contributed by atoms with E-state index in [2.05, 4.69) is 26.0 Å². The minimum Gasteiger partial charge on any atom is -0.243 e. The molecule has 5 nitrogen and oxygen atoms in total. The van der Waals surface area contributed by atoms with Crippen LogP contribution in [0.15, 0.2) is 33.9 Å². The second kappa shape index (κ2) is 5.73. The van der Waals surface area contributed by atoms with E-state index in [1.54, 1.807) is 4.68 Å². The Hall–Kier alpha value is -0.860. The fourth-order valence-electron chi connectivity index (χ4n) is 2.20. The summed E-state index contributed by atoms with van der Waals surface area (Å²) in [5, 5.41) is 5.25. The second-order valence-corrected chi connectivity index (χ2v) is 9.40. The lowest BCUT2D eigenvalue weighted by molar-refractivity contribution is 0.602. The van der Waals surface area contributed by atoms with E-state index >= 15 is 0 Å². The molecule has 112 valence electrons. The average Bonchev–Trinajstić information content (AvgIpc) is 2.94. The summed E-state index contributed by atoms with van der Waals surface area (Å²) >= 11 is 4.90. The molecule has 1 aliphatic heterocycles. The van der Waals surface area contributed by atoms with Crippen LogP contribution in [0.4, 0.5) is 0 Å². The maximum absolute atomic E-state index is 11.5. The van der Waals surface area contributed by atoms with Crippen LogP contribution >= 0.6 is 27.7 Å². The summed E-state index contributed by atoms with van der Waals surface area (Å²) in [5.74, 6) is 1.17. The molecule has 0 unspecified atom stereocenters. The summed E-state index contributed by atoms with van der Waals surface area (Å²) in [6, 6.07) is 7.80. The van der Waals surface area contributed by atoms with Gasteiger partial charge in [0, 0.05) is 22.3 Å². The third-order valence-electron chi connectivity index (χ3n) is 3.29. The molecule has 0 saturated carbocycles. The fraction of sp³-hybridized carbons (Fsp3) is 0.385. The van der Waals surface area contributed by atoms with Crippen molar-refractivity contribution in [3.63, 3.8) is 0 Å². The number of halogens is 1. The molecular weight excluding hydrogens is 374 g/mol. The first-order chi connectivity index (χ1) is 9.93. The number of hydrogen-bond acceptors (Lipinski definition) is 5. The molecule has 8 heteroatoms. The minimum atomic E-state index is -2.86. The van der Waals surface area contributed by atoms with Crippen molar-refractivity contribution >= 4 is 37.5 Å². The molecule has 1 aliphatic rings. The van der Waals surface area contributed by atoms with E-state index in [4.69, 9.17) is 0 Å². The van der Waals surface area contributed by atoms with Gasteiger partial charge in [-0.1, -0.05) is 39.8 Å². The van der Waals surface area contributed by atoms with Crippen LogP contribution in [0.1, 0.15) is 6.42 Å². The van der Waals surface area contributed by atoms with Crippen LogP contribution < -0.4 is 0 Å². The molecule has 0 spiro atoms. The van der Waals surface area contributed by atoms with Gasteiger partial charge in [-0.05, 0) is 18.6 Å². The number of nitrogens with zero attached hydrogens (tertiary/aromatic N) is 3. The van der Waals surface area contributed by atoms with Gasteiger partial charge in [0.25, 0.3) is 0 Å². The van der Waals surface area contributed by atoms with Crippen LogP contribution in [0, 0.1) is 0 Å². The van der Waals surface area contributed by atoms with Gasteiger partial charge < -0.3 is 0 Å². The van der Waals surface area contributed by atoms with E-state index < -0.39 is 9.84 Å². The van der Waals surface area contributed by atoms with E-state index in [-0.39, 0.29) is 16.8 Å². The SMILES string of the molecule is Cn1nc(-c2ccc(Br)cc2)nc1S[C@@H]1CCS(=O)(=O)C1. The van der Waals surface area contributed by atoms with Crippen molar-refractivity contribution in [3.8, 4) is 11.4 Å². The zero-order valence-corrected chi connectivity index (χ0v) is 14.6. The van der Waals surface area contributed by atoms with Crippen LogP contribution in [0.3, 0.4) is 0 Å². The average molecular weight is 388 g/mol. The van der Waals surface area contributed by atoms with Crippen molar-refractivity contribution in [1.29, 1.82) is 0 Å². The molecule has 1 fully saturated rings. The highest BCUT2D eigenvalue weighted by Crippen LogP contribution is 2.31. The molecular formula is C13H14BrN3O2S2. The molecule has 2 heterocycles. The molecule has 0 N–H and O–H groups in total. The van der Waals surface area contributed by atoms with Crippen molar-refractivity contribution in [2.75, 3.05) is 11.5 Å². The van der Waals surface area contributed by atoms with Gasteiger partial charge in [0.05, 0.1) is 11.5 Å². The molecule has 21 heavy (non-hydrogen) atoms. The van der Waals surface area contributed by atoms with Gasteiger partial charge >= 0.3 is 0 Å². The van der Waals surface area contributed by atoms with E-state index in [0.717, 1.165) is 15.2 Å². The molecule has 1 atom stereocenters. The Morgan fingerprint density at radius 2 is 2.05 bits per heavy atom. The summed E-state index contributed by atoms with van der Waals surface area (Å²) in [7, 11) is -1.03. The Labute approximate surface area is 136 Å². The van der Waals surface area contributed by atoms with E-state index in [0.29, 0.717) is 12.2 Å². The topological polar surface area (TPSA) is 64.8 Å². The number of sulfone groups is 1. The third kappa shape index (κ3) is 3.49. The maximum atomic E-state index is 11.5. The fourth-order valence-corrected chi connectivity index (χ4v) is 5.91. The second-order valence-electron chi connectivity index (χ2n) is 4.99. The van der Waals surface area contributed by atoms with Gasteiger partial charge in [-0.25, -0.2) is 18.1 Å². The minimum absolute atomic E-state index is 0.0793. The molecule has 1 aromatic carbocycles. The van der Waals surface area contributed by atoms with Crippen molar-refractivity contribution in [3.05, 3.63) is 28.7 Å². The number of aromatic nitrogens is 3. The molecule has 1 aromatic heterocycles. The number of aryl methyl sites for hydroxylation is 1. The lowest BCUT2D eigenvalue weighted by Gasteiger charge is -2.04. The van der Waals surface area contributed by atoms with Gasteiger partial charge in [-0.3, -0.25) is 0 Å². The molecule has 0 aliphatic carbocycles. The Kier molecular flexibility index (Phi) is 4.11. The monoisotopic (exact) mass is 387 g/mol. The predicted molar refractivity (Wildman–Crippen MR) is 87.1 cm³/mol. The van der Waals surface area contributed by atoms with E-state index in [9.17, 15) is 8.42 Å². The zero-order chi connectivity index (χ0) is 15.0. The van der Waals surface area contributed by atoms with Crippen molar-refractivity contribution in [2.24, 2.45) is 7.05 Å². The number of hydrogen-bond donors (Lipinski definition) is 0. The lowest BCUT2D eigenvalue weighted by Crippen LogP contribution is -2.07. The van der Waals surface area contributed by atoms with Gasteiger partial charge in [0.1, 0.15) is 0 Å². The van der Waals surface area contributed by atoms with Gasteiger partial charge in [0.15, 0.2) is 20.8 Å². The first-order valence-electron chi connectivity index (χ1n) is 6.47. The van der Waals surface area contributed by atoms with Crippen molar-refractivity contribution in [1.82, 2.24) is 14.8 Å². The summed E-state index contributed by atoms with van der Waals surface area (Å²) in [5.41, 5.74) is 0.944. The summed E-state index contributed by atoms with van der Waals surface area (Å²) in [6.45, 7) is 0. The molecule has 1 saturated heterocycles. The quantitative estimate of drug-likeness (QED) is 0.809. The molecule has 2 aromatic rings. The Morgan fingerprint density at radius 1 is 1.33 bits per heavy atom. The highest BCUT2D eigenvalue weighted by molar-refractivity contribution is 9.10. The molecule has 0 amide bonds. The van der Waals surface area contributed by atoms with E-state index in [1.807, 2.05) is 31.3 Å². The van der Waals surface area contributed by atoms with Crippen LogP contribution in [-0.4, -0.2) is 39.9 Å². The number of rotatable bonds is 3. The Bertz CT molecular complexity index is 756. The van der Waals surface area contributed by atoms with E-state index in [1.165, 1.54) is 11.8 Å². The standard InChI is InChI=1S/C13H14BrN3O2S2/c1-17-13(20-11-6-7-21(18,19)8-11)15-12(16-17)9-2-4-10(14)5-3-9/h2-5,11H,6-8H2,1H3/t11-/m1/s1. The highest BCUT2D eigenvalue weighted by atomic mass is 79.9. The van der Waals surface area contributed by atoms with Crippen molar-refractivity contribution < 1.29 is 8.42 Å². The lowest BCUT2D eigenvalue weighted by atomic mass is 10.2. The van der Waals surface area contributed by atoms with Gasteiger partial charge in [-0.2, -0.15) is 5.10 Å². The smallest absolute Gasteiger partial charge is 0.186 e. The van der Waals surface area contributed by atoms with Crippen LogP contribution in [-0.2, 0) is 16.9 Å². The zero-order valence-electron chi connectivity index (χ0n) is 11.4. The Morgan fingerprint density at radius 3 is 2.67 bits per heavy atom. The largest absolute Gasteiger partial charge is 0.243 e. The normalized spacial score (nSPS) is 20.8. The predicted octanol–water partition coefficient (Wildman–Crippen LogP) is 2.52. The van der Waals surface area contributed by atoms with Gasteiger partial charge in [-0.15, -0.1) is 0 Å².